The van der Waals surface area contributed by atoms with Crippen LogP contribution in [0.4, 0.5) is 5.69 Å². The molecule has 3 nitrogen and oxygen atoms in total. The van der Waals surface area contributed by atoms with Gasteiger partial charge in [0.2, 0.25) is 0 Å². The molecule has 0 bridgehead atoms. The van der Waals surface area contributed by atoms with Crippen molar-refractivity contribution in [3.05, 3.63) is 51.5 Å². The minimum atomic E-state index is -0.0186. The number of hydrogen-bond acceptors (Lipinski definition) is 4. The van der Waals surface area contributed by atoms with E-state index < -0.39 is 0 Å². The summed E-state index contributed by atoms with van der Waals surface area (Å²) in [5.41, 5.74) is 7.85. The highest BCUT2D eigenvalue weighted by atomic mass is 32.1. The maximum Gasteiger partial charge on any atom is 0.266 e. The highest BCUT2D eigenvalue weighted by molar-refractivity contribution is 7.21. The summed E-state index contributed by atoms with van der Waals surface area (Å²) in [7, 11) is 1.81. The van der Waals surface area contributed by atoms with Crippen LogP contribution in [0.25, 0.3) is 10.1 Å². The average Bonchev–Trinajstić information content (AvgIpc) is 3.07. The summed E-state index contributed by atoms with van der Waals surface area (Å²) < 4.78 is 1.05. The molecule has 1 aromatic carbocycles. The van der Waals surface area contributed by atoms with Crippen molar-refractivity contribution in [1.82, 2.24) is 4.90 Å². The zero-order valence-electron chi connectivity index (χ0n) is 11.0. The minimum Gasteiger partial charge on any atom is -0.397 e. The molecule has 0 fully saturated rings. The minimum absolute atomic E-state index is 0.0186. The van der Waals surface area contributed by atoms with Crippen molar-refractivity contribution >= 4 is 44.4 Å². The lowest BCUT2D eigenvalue weighted by molar-refractivity contribution is 0.0791. The number of rotatable bonds is 3. The number of thiophene rings is 2. The van der Waals surface area contributed by atoms with E-state index in [9.17, 15) is 4.79 Å². The van der Waals surface area contributed by atoms with Gasteiger partial charge in [0.1, 0.15) is 4.88 Å². The molecule has 0 saturated heterocycles. The van der Waals surface area contributed by atoms with Gasteiger partial charge in [-0.25, -0.2) is 0 Å². The first-order valence-electron chi connectivity index (χ1n) is 6.20. The quantitative estimate of drug-likeness (QED) is 0.799. The second kappa shape index (κ2) is 5.26. The summed E-state index contributed by atoms with van der Waals surface area (Å²) in [4.78, 5) is 14.9. The van der Waals surface area contributed by atoms with Gasteiger partial charge < -0.3 is 10.6 Å². The zero-order chi connectivity index (χ0) is 14.1. The molecule has 2 aromatic heterocycles. The molecular weight excluding hydrogens is 288 g/mol. The molecule has 5 heteroatoms. The molecule has 2 heterocycles. The van der Waals surface area contributed by atoms with Gasteiger partial charge in [-0.2, -0.15) is 11.3 Å². The maximum atomic E-state index is 12.5. The van der Waals surface area contributed by atoms with Crippen LogP contribution in [-0.4, -0.2) is 17.9 Å². The number of anilines is 1. The number of amides is 1. The van der Waals surface area contributed by atoms with Crippen LogP contribution >= 0.6 is 22.7 Å². The largest absolute Gasteiger partial charge is 0.397 e. The van der Waals surface area contributed by atoms with Gasteiger partial charge in [0.05, 0.1) is 5.69 Å². The lowest BCUT2D eigenvalue weighted by Crippen LogP contribution is -2.25. The molecule has 0 aliphatic heterocycles. The Balaban J connectivity index is 1.90. The summed E-state index contributed by atoms with van der Waals surface area (Å²) in [6.07, 6.45) is 0. The van der Waals surface area contributed by atoms with Crippen LogP contribution in [0.1, 0.15) is 15.2 Å². The first-order chi connectivity index (χ1) is 9.66. The maximum absolute atomic E-state index is 12.5. The number of nitrogens with two attached hydrogens (primary N) is 1. The van der Waals surface area contributed by atoms with E-state index in [4.69, 9.17) is 5.73 Å². The number of carbonyl (C=O) groups excluding carboxylic acids is 1. The molecule has 3 rings (SSSR count). The van der Waals surface area contributed by atoms with E-state index in [2.05, 4.69) is 5.38 Å². The molecular formula is C15H14N2OS2. The topological polar surface area (TPSA) is 46.3 Å². The van der Waals surface area contributed by atoms with Crippen molar-refractivity contribution in [2.24, 2.45) is 0 Å². The van der Waals surface area contributed by atoms with Crippen molar-refractivity contribution in [3.63, 3.8) is 0 Å². The summed E-state index contributed by atoms with van der Waals surface area (Å²) in [6, 6.07) is 9.88. The lowest BCUT2D eigenvalue weighted by atomic mass is 10.2. The summed E-state index contributed by atoms with van der Waals surface area (Å²) in [5, 5.41) is 5.03. The van der Waals surface area contributed by atoms with Gasteiger partial charge >= 0.3 is 0 Å². The van der Waals surface area contributed by atoms with Crippen LogP contribution in [0.5, 0.6) is 0 Å². The van der Waals surface area contributed by atoms with Crippen molar-refractivity contribution in [3.8, 4) is 0 Å². The number of benzene rings is 1. The van der Waals surface area contributed by atoms with Crippen molar-refractivity contribution in [1.29, 1.82) is 0 Å². The Labute approximate surface area is 125 Å². The highest BCUT2D eigenvalue weighted by Crippen LogP contribution is 2.34. The molecule has 0 spiro atoms. The van der Waals surface area contributed by atoms with Crippen LogP contribution < -0.4 is 5.73 Å². The van der Waals surface area contributed by atoms with Crippen LogP contribution in [-0.2, 0) is 6.54 Å². The predicted octanol–water partition coefficient (Wildman–Crippen LogP) is 3.82. The lowest BCUT2D eigenvalue weighted by Gasteiger charge is -2.15. The molecule has 1 amide bonds. The summed E-state index contributed by atoms with van der Waals surface area (Å²) in [6.45, 7) is 0.607. The van der Waals surface area contributed by atoms with E-state index in [1.165, 1.54) is 11.3 Å². The second-order valence-electron chi connectivity index (χ2n) is 4.63. The van der Waals surface area contributed by atoms with Crippen molar-refractivity contribution in [2.45, 2.75) is 6.54 Å². The fourth-order valence-corrected chi connectivity index (χ4v) is 3.90. The molecule has 20 heavy (non-hydrogen) atoms. The van der Waals surface area contributed by atoms with Crippen LogP contribution in [0.15, 0.2) is 41.1 Å². The molecule has 0 radical (unpaired) electrons. The molecule has 102 valence electrons. The van der Waals surface area contributed by atoms with E-state index in [0.29, 0.717) is 17.1 Å². The van der Waals surface area contributed by atoms with E-state index in [-0.39, 0.29) is 5.91 Å². The Hall–Kier alpha value is -1.85. The molecule has 0 saturated carbocycles. The second-order valence-corrected chi connectivity index (χ2v) is 6.47. The van der Waals surface area contributed by atoms with E-state index >= 15 is 0 Å². The van der Waals surface area contributed by atoms with Crippen LogP contribution in [0.2, 0.25) is 0 Å². The smallest absolute Gasteiger partial charge is 0.266 e. The Morgan fingerprint density at radius 1 is 1.30 bits per heavy atom. The molecule has 3 aromatic rings. The SMILES string of the molecule is CN(Cc1ccsc1)C(=O)c1sc2ccccc2c1N. The molecule has 0 aliphatic rings. The molecule has 2 N–H and O–H groups in total. The molecule has 0 unspecified atom stereocenters. The average molecular weight is 302 g/mol. The van der Waals surface area contributed by atoms with Gasteiger partial charge in [-0.3, -0.25) is 4.79 Å². The van der Waals surface area contributed by atoms with Gasteiger partial charge in [-0.05, 0) is 28.5 Å². The Morgan fingerprint density at radius 3 is 2.80 bits per heavy atom. The Kier molecular flexibility index (Phi) is 3.46. The van der Waals surface area contributed by atoms with E-state index in [0.717, 1.165) is 15.6 Å². The first kappa shape index (κ1) is 13.1. The molecule has 0 atom stereocenters. The Morgan fingerprint density at radius 2 is 2.10 bits per heavy atom. The van der Waals surface area contributed by atoms with E-state index in [1.807, 2.05) is 42.8 Å². The fraction of sp³-hybridized carbons (Fsp3) is 0.133. The predicted molar refractivity (Wildman–Crippen MR) is 86.4 cm³/mol. The van der Waals surface area contributed by atoms with E-state index in [1.54, 1.807) is 16.2 Å². The monoisotopic (exact) mass is 302 g/mol. The number of hydrogen-bond donors (Lipinski definition) is 1. The van der Waals surface area contributed by atoms with Gasteiger partial charge in [0, 0.05) is 23.7 Å². The number of nitrogen functional groups attached to an aromatic ring is 1. The fourth-order valence-electron chi connectivity index (χ4n) is 2.13. The van der Waals surface area contributed by atoms with Crippen molar-refractivity contribution in [2.75, 3.05) is 12.8 Å². The van der Waals surface area contributed by atoms with Gasteiger partial charge in [-0.15, -0.1) is 11.3 Å². The van der Waals surface area contributed by atoms with Crippen molar-refractivity contribution < 1.29 is 4.79 Å². The third-order valence-corrected chi connectivity index (χ3v) is 5.08. The normalized spacial score (nSPS) is 10.8. The summed E-state index contributed by atoms with van der Waals surface area (Å²) in [5.74, 6) is -0.0186. The van der Waals surface area contributed by atoms with Gasteiger partial charge in [-0.1, -0.05) is 18.2 Å². The number of carbonyl (C=O) groups is 1. The Bertz CT molecular complexity index is 746. The van der Waals surface area contributed by atoms with Gasteiger partial charge in [0.15, 0.2) is 0 Å². The third kappa shape index (κ3) is 2.30. The standard InChI is InChI=1S/C15H14N2OS2/c1-17(8-10-6-7-19-9-10)15(18)14-13(16)11-4-2-3-5-12(11)20-14/h2-7,9H,8,16H2,1H3. The molecule has 0 aliphatic carbocycles. The number of fused-ring (bicyclic) bond motifs is 1. The van der Waals surface area contributed by atoms with Crippen LogP contribution in [0.3, 0.4) is 0 Å². The third-order valence-electron chi connectivity index (χ3n) is 3.17. The highest BCUT2D eigenvalue weighted by Gasteiger charge is 2.19. The number of nitrogens with zero attached hydrogens (tertiary/aromatic N) is 1. The first-order valence-corrected chi connectivity index (χ1v) is 7.96. The summed E-state index contributed by atoms with van der Waals surface area (Å²) >= 11 is 3.10. The zero-order valence-corrected chi connectivity index (χ0v) is 12.6. The van der Waals surface area contributed by atoms with Gasteiger partial charge in [0.25, 0.3) is 5.91 Å². The van der Waals surface area contributed by atoms with Crippen LogP contribution in [0, 0.1) is 0 Å².